The predicted molar refractivity (Wildman–Crippen MR) is 63.6 cm³/mol. The topological polar surface area (TPSA) is 40.7 Å². The molecule has 2 aromatic heterocycles. The highest BCUT2D eigenvalue weighted by Crippen LogP contribution is 2.31. The van der Waals surface area contributed by atoms with Crippen LogP contribution < -0.4 is 5.32 Å². The molecule has 0 fully saturated rings. The van der Waals surface area contributed by atoms with Gasteiger partial charge in [-0.3, -0.25) is 0 Å². The highest BCUT2D eigenvalue weighted by Gasteiger charge is 2.10. The number of hydrogen-bond acceptors (Lipinski definition) is 2. The smallest absolute Gasteiger partial charge is 0.145 e. The summed E-state index contributed by atoms with van der Waals surface area (Å²) in [6, 6.07) is 5.47. The maximum absolute atomic E-state index is 6.06. The molecule has 0 atom stereocenters. The molecule has 0 radical (unpaired) electrons. The molecule has 2 rings (SSSR count). The molecule has 15 heavy (non-hydrogen) atoms. The second-order valence-electron chi connectivity index (χ2n) is 2.98. The first-order valence-electron chi connectivity index (χ1n) is 4.40. The minimum Gasteiger partial charge on any atom is -0.372 e. The second kappa shape index (κ2) is 4.13. The molecule has 0 spiro atoms. The van der Waals surface area contributed by atoms with E-state index in [4.69, 9.17) is 23.2 Å². The molecule has 0 unspecified atom stereocenters. The predicted octanol–water partition coefficient (Wildman–Crippen LogP) is 3.43. The van der Waals surface area contributed by atoms with Gasteiger partial charge in [-0.25, -0.2) is 4.98 Å². The van der Waals surface area contributed by atoms with Crippen LogP contribution in [0.1, 0.15) is 0 Å². The van der Waals surface area contributed by atoms with Gasteiger partial charge in [0.05, 0.1) is 15.7 Å². The van der Waals surface area contributed by atoms with Gasteiger partial charge in [-0.1, -0.05) is 23.2 Å². The number of aromatic amines is 1. The van der Waals surface area contributed by atoms with E-state index in [2.05, 4.69) is 15.3 Å². The molecule has 5 heteroatoms. The Hall–Kier alpha value is -1.19. The van der Waals surface area contributed by atoms with Crippen LogP contribution in [0.5, 0.6) is 0 Å². The number of nitrogens with zero attached hydrogens (tertiary/aromatic N) is 1. The summed E-state index contributed by atoms with van der Waals surface area (Å²) in [5.74, 6) is 0.616. The summed E-state index contributed by atoms with van der Waals surface area (Å²) in [5.41, 5.74) is 1.56. The summed E-state index contributed by atoms with van der Waals surface area (Å²) >= 11 is 12.0. The lowest BCUT2D eigenvalue weighted by molar-refractivity contribution is 1.26. The minimum absolute atomic E-state index is 0.512. The van der Waals surface area contributed by atoms with Gasteiger partial charge < -0.3 is 10.3 Å². The van der Waals surface area contributed by atoms with Crippen molar-refractivity contribution in [1.82, 2.24) is 9.97 Å². The van der Waals surface area contributed by atoms with Crippen molar-refractivity contribution in [2.24, 2.45) is 0 Å². The van der Waals surface area contributed by atoms with Crippen molar-refractivity contribution < 1.29 is 0 Å². The van der Waals surface area contributed by atoms with Crippen LogP contribution in [-0.2, 0) is 0 Å². The van der Waals surface area contributed by atoms with Gasteiger partial charge in [0.1, 0.15) is 11.5 Å². The number of hydrogen-bond donors (Lipinski definition) is 2. The molecule has 78 valence electrons. The van der Waals surface area contributed by atoms with Gasteiger partial charge in [0, 0.05) is 13.2 Å². The average Bonchev–Trinajstić information content (AvgIpc) is 2.71. The lowest BCUT2D eigenvalue weighted by atomic mass is 10.2. The fourth-order valence-corrected chi connectivity index (χ4v) is 1.86. The van der Waals surface area contributed by atoms with E-state index in [0.717, 1.165) is 5.69 Å². The third kappa shape index (κ3) is 1.94. The molecule has 3 nitrogen and oxygen atoms in total. The molecular formula is C10H9Cl2N3. The first-order chi connectivity index (χ1) is 7.22. The van der Waals surface area contributed by atoms with E-state index in [1.165, 1.54) is 0 Å². The molecule has 0 aliphatic heterocycles. The maximum atomic E-state index is 6.06. The number of anilines is 1. The Morgan fingerprint density at radius 1 is 1.33 bits per heavy atom. The molecule has 0 amide bonds. The Kier molecular flexibility index (Phi) is 2.84. The van der Waals surface area contributed by atoms with Crippen molar-refractivity contribution in [1.29, 1.82) is 0 Å². The van der Waals surface area contributed by atoms with Crippen molar-refractivity contribution in [2.75, 3.05) is 12.4 Å². The molecule has 0 aliphatic carbocycles. The molecule has 0 aromatic carbocycles. The van der Waals surface area contributed by atoms with Gasteiger partial charge in [0.25, 0.3) is 0 Å². The van der Waals surface area contributed by atoms with E-state index < -0.39 is 0 Å². The van der Waals surface area contributed by atoms with E-state index in [9.17, 15) is 0 Å². The molecule has 2 N–H and O–H groups in total. The van der Waals surface area contributed by atoms with Crippen LogP contribution in [0.4, 0.5) is 5.82 Å². The standard InChI is InChI=1S/C10H9Cl2N3/c1-13-10-7(12)5-6(11)9(15-10)8-3-2-4-14-8/h2-5,14H,1H3,(H,13,15). The van der Waals surface area contributed by atoms with Crippen LogP contribution in [0, 0.1) is 0 Å². The van der Waals surface area contributed by atoms with Gasteiger partial charge in [0.15, 0.2) is 0 Å². The summed E-state index contributed by atoms with van der Waals surface area (Å²) in [4.78, 5) is 7.37. The largest absolute Gasteiger partial charge is 0.372 e. The molecule has 0 saturated carbocycles. The third-order valence-electron chi connectivity index (χ3n) is 2.02. The van der Waals surface area contributed by atoms with Gasteiger partial charge in [-0.2, -0.15) is 0 Å². The highest BCUT2D eigenvalue weighted by atomic mass is 35.5. The Bertz CT molecular complexity index is 466. The first kappa shape index (κ1) is 10.3. The van der Waals surface area contributed by atoms with Crippen LogP contribution in [-0.4, -0.2) is 17.0 Å². The molecule has 0 bridgehead atoms. The van der Waals surface area contributed by atoms with E-state index in [1.54, 1.807) is 13.1 Å². The van der Waals surface area contributed by atoms with Crippen LogP contribution in [0.15, 0.2) is 24.4 Å². The maximum Gasteiger partial charge on any atom is 0.145 e. The first-order valence-corrected chi connectivity index (χ1v) is 5.15. The Balaban J connectivity index is 2.57. The van der Waals surface area contributed by atoms with Crippen molar-refractivity contribution in [3.63, 3.8) is 0 Å². The Morgan fingerprint density at radius 2 is 2.13 bits per heavy atom. The zero-order valence-corrected chi connectivity index (χ0v) is 9.52. The Labute approximate surface area is 97.4 Å². The number of rotatable bonds is 2. The lowest BCUT2D eigenvalue weighted by Crippen LogP contribution is -1.96. The number of pyridine rings is 1. The zero-order valence-electron chi connectivity index (χ0n) is 8.01. The van der Waals surface area contributed by atoms with Crippen LogP contribution in [0.2, 0.25) is 10.0 Å². The van der Waals surface area contributed by atoms with Crippen molar-refractivity contribution in [3.05, 3.63) is 34.4 Å². The van der Waals surface area contributed by atoms with E-state index in [0.29, 0.717) is 21.6 Å². The van der Waals surface area contributed by atoms with Gasteiger partial charge in [-0.05, 0) is 18.2 Å². The SMILES string of the molecule is CNc1nc(-c2ccc[nH]2)c(Cl)cc1Cl. The van der Waals surface area contributed by atoms with Crippen molar-refractivity contribution in [2.45, 2.75) is 0 Å². The van der Waals surface area contributed by atoms with Crippen LogP contribution >= 0.6 is 23.2 Å². The normalized spacial score (nSPS) is 10.3. The monoisotopic (exact) mass is 241 g/mol. The summed E-state index contributed by atoms with van der Waals surface area (Å²) in [6.07, 6.45) is 1.82. The van der Waals surface area contributed by atoms with E-state index in [-0.39, 0.29) is 0 Å². The summed E-state index contributed by atoms with van der Waals surface area (Å²) in [6.45, 7) is 0. The molecular weight excluding hydrogens is 233 g/mol. The number of H-pyrrole nitrogens is 1. The molecule has 0 aliphatic rings. The molecule has 2 aromatic rings. The lowest BCUT2D eigenvalue weighted by Gasteiger charge is -2.07. The van der Waals surface area contributed by atoms with E-state index in [1.807, 2.05) is 18.3 Å². The van der Waals surface area contributed by atoms with Crippen LogP contribution in [0.3, 0.4) is 0 Å². The van der Waals surface area contributed by atoms with Gasteiger partial charge >= 0.3 is 0 Å². The van der Waals surface area contributed by atoms with E-state index >= 15 is 0 Å². The molecule has 2 heterocycles. The quantitative estimate of drug-likeness (QED) is 0.846. The number of nitrogens with one attached hydrogen (secondary N) is 2. The minimum atomic E-state index is 0.512. The van der Waals surface area contributed by atoms with Crippen molar-refractivity contribution in [3.8, 4) is 11.4 Å². The Morgan fingerprint density at radius 3 is 2.73 bits per heavy atom. The van der Waals surface area contributed by atoms with Crippen LogP contribution in [0.25, 0.3) is 11.4 Å². The van der Waals surface area contributed by atoms with Gasteiger partial charge in [-0.15, -0.1) is 0 Å². The summed E-state index contributed by atoms with van der Waals surface area (Å²) in [7, 11) is 1.76. The number of halogens is 2. The molecule has 0 saturated heterocycles. The van der Waals surface area contributed by atoms with Gasteiger partial charge in [0.2, 0.25) is 0 Å². The fraction of sp³-hybridized carbons (Fsp3) is 0.100. The average molecular weight is 242 g/mol. The number of aromatic nitrogens is 2. The highest BCUT2D eigenvalue weighted by molar-refractivity contribution is 6.37. The zero-order chi connectivity index (χ0) is 10.8. The third-order valence-corrected chi connectivity index (χ3v) is 2.60. The fourth-order valence-electron chi connectivity index (χ4n) is 1.31. The van der Waals surface area contributed by atoms with Crippen molar-refractivity contribution >= 4 is 29.0 Å². The summed E-state index contributed by atoms with van der Waals surface area (Å²) in [5, 5.41) is 3.95. The second-order valence-corrected chi connectivity index (χ2v) is 3.80. The summed E-state index contributed by atoms with van der Waals surface area (Å²) < 4.78 is 0.